The SMILES string of the molecule is Cc1cccc(Oc2cc(N=C=O)cc([N+](=O)[O-])c2)c1. The first-order chi connectivity index (χ1) is 9.58. The maximum atomic E-state index is 10.8. The van der Waals surface area contributed by atoms with Gasteiger partial charge >= 0.3 is 0 Å². The smallest absolute Gasteiger partial charge is 0.275 e. The van der Waals surface area contributed by atoms with Crippen LogP contribution in [0.25, 0.3) is 0 Å². The maximum Gasteiger partial charge on any atom is 0.275 e. The zero-order chi connectivity index (χ0) is 14.5. The minimum absolute atomic E-state index is 0.122. The zero-order valence-electron chi connectivity index (χ0n) is 10.6. The molecule has 0 bridgehead atoms. The molecule has 20 heavy (non-hydrogen) atoms. The fraction of sp³-hybridized carbons (Fsp3) is 0.0714. The van der Waals surface area contributed by atoms with E-state index in [0.717, 1.165) is 5.56 Å². The molecule has 0 atom stereocenters. The van der Waals surface area contributed by atoms with Crippen LogP contribution in [-0.2, 0) is 4.79 Å². The fourth-order valence-electron chi connectivity index (χ4n) is 1.66. The highest BCUT2D eigenvalue weighted by atomic mass is 16.6. The molecule has 2 aromatic carbocycles. The molecule has 0 fully saturated rings. The third-order valence-corrected chi connectivity index (χ3v) is 2.49. The van der Waals surface area contributed by atoms with Crippen molar-refractivity contribution in [3.05, 3.63) is 58.1 Å². The molecule has 6 heteroatoms. The van der Waals surface area contributed by atoms with Crippen molar-refractivity contribution in [2.24, 2.45) is 4.99 Å². The van der Waals surface area contributed by atoms with Gasteiger partial charge in [-0.25, -0.2) is 4.79 Å². The van der Waals surface area contributed by atoms with E-state index in [-0.39, 0.29) is 17.1 Å². The van der Waals surface area contributed by atoms with Crippen molar-refractivity contribution in [3.63, 3.8) is 0 Å². The minimum atomic E-state index is -0.576. The molecule has 2 rings (SSSR count). The van der Waals surface area contributed by atoms with Gasteiger partial charge in [0.1, 0.15) is 11.5 Å². The Morgan fingerprint density at radius 2 is 2.00 bits per heavy atom. The summed E-state index contributed by atoms with van der Waals surface area (Å²) in [4.78, 5) is 23.9. The van der Waals surface area contributed by atoms with Crippen molar-refractivity contribution in [2.75, 3.05) is 0 Å². The number of nitrogens with zero attached hydrogens (tertiary/aromatic N) is 2. The number of hydrogen-bond acceptors (Lipinski definition) is 5. The van der Waals surface area contributed by atoms with E-state index in [2.05, 4.69) is 4.99 Å². The van der Waals surface area contributed by atoms with Crippen LogP contribution in [0.5, 0.6) is 11.5 Å². The Labute approximate surface area is 114 Å². The number of non-ortho nitro benzene ring substituents is 1. The van der Waals surface area contributed by atoms with Crippen LogP contribution < -0.4 is 4.74 Å². The van der Waals surface area contributed by atoms with Crippen molar-refractivity contribution < 1.29 is 14.5 Å². The zero-order valence-corrected chi connectivity index (χ0v) is 10.6. The molecule has 0 heterocycles. The van der Waals surface area contributed by atoms with Gasteiger partial charge < -0.3 is 4.74 Å². The van der Waals surface area contributed by atoms with Gasteiger partial charge in [-0.2, -0.15) is 4.99 Å². The van der Waals surface area contributed by atoms with Crippen molar-refractivity contribution in [1.29, 1.82) is 0 Å². The molecule has 0 aliphatic carbocycles. The van der Waals surface area contributed by atoms with E-state index in [0.29, 0.717) is 5.75 Å². The molecule has 0 aromatic heterocycles. The summed E-state index contributed by atoms with van der Waals surface area (Å²) >= 11 is 0. The number of nitro benzene ring substituents is 1. The summed E-state index contributed by atoms with van der Waals surface area (Å²) < 4.78 is 5.54. The van der Waals surface area contributed by atoms with Gasteiger partial charge in [0.25, 0.3) is 5.69 Å². The summed E-state index contributed by atoms with van der Waals surface area (Å²) in [6.45, 7) is 1.91. The molecule has 0 radical (unpaired) electrons. The lowest BCUT2D eigenvalue weighted by atomic mass is 10.2. The van der Waals surface area contributed by atoms with Gasteiger partial charge in [0.15, 0.2) is 0 Å². The second-order valence-corrected chi connectivity index (χ2v) is 4.06. The average molecular weight is 270 g/mol. The lowest BCUT2D eigenvalue weighted by molar-refractivity contribution is -0.384. The molecule has 0 aliphatic heterocycles. The molecule has 0 unspecified atom stereocenters. The first-order valence-electron chi connectivity index (χ1n) is 5.70. The van der Waals surface area contributed by atoms with Crippen LogP contribution in [0.3, 0.4) is 0 Å². The van der Waals surface area contributed by atoms with Crippen molar-refractivity contribution in [1.82, 2.24) is 0 Å². The maximum absolute atomic E-state index is 10.8. The second kappa shape index (κ2) is 5.77. The third kappa shape index (κ3) is 3.28. The van der Waals surface area contributed by atoms with Crippen LogP contribution in [0.15, 0.2) is 47.5 Å². The van der Waals surface area contributed by atoms with Crippen LogP contribution in [0.1, 0.15) is 5.56 Å². The highest BCUT2D eigenvalue weighted by molar-refractivity contribution is 5.57. The lowest BCUT2D eigenvalue weighted by Gasteiger charge is -2.06. The molecule has 0 amide bonds. The number of benzene rings is 2. The first-order valence-corrected chi connectivity index (χ1v) is 5.70. The summed E-state index contributed by atoms with van der Waals surface area (Å²) in [6, 6.07) is 11.1. The quantitative estimate of drug-likeness (QED) is 0.367. The molecule has 0 saturated heterocycles. The van der Waals surface area contributed by atoms with Gasteiger partial charge in [-0.1, -0.05) is 12.1 Å². The van der Waals surface area contributed by atoms with Gasteiger partial charge in [0.05, 0.1) is 16.7 Å². The predicted octanol–water partition coefficient (Wildman–Crippen LogP) is 3.66. The molecule has 0 saturated carbocycles. The predicted molar refractivity (Wildman–Crippen MR) is 72.1 cm³/mol. The largest absolute Gasteiger partial charge is 0.457 e. The summed E-state index contributed by atoms with van der Waals surface area (Å²) in [5.74, 6) is 0.783. The molecule has 2 aromatic rings. The number of rotatable bonds is 4. The molecule has 0 N–H and O–H groups in total. The van der Waals surface area contributed by atoms with Gasteiger partial charge in [0, 0.05) is 12.1 Å². The van der Waals surface area contributed by atoms with Gasteiger partial charge in [-0.15, -0.1) is 0 Å². The Morgan fingerprint density at radius 1 is 1.20 bits per heavy atom. The standard InChI is InChI=1S/C14H10N2O4/c1-10-3-2-4-13(5-10)20-14-7-11(15-9-17)6-12(8-14)16(18)19/h2-8H,1H3. The van der Waals surface area contributed by atoms with Crippen LogP contribution in [0, 0.1) is 17.0 Å². The van der Waals surface area contributed by atoms with Crippen molar-refractivity contribution in [3.8, 4) is 11.5 Å². The highest BCUT2D eigenvalue weighted by Crippen LogP contribution is 2.31. The van der Waals surface area contributed by atoms with E-state index in [4.69, 9.17) is 4.74 Å². The second-order valence-electron chi connectivity index (χ2n) is 4.06. The van der Waals surface area contributed by atoms with E-state index in [1.165, 1.54) is 24.3 Å². The summed E-state index contributed by atoms with van der Waals surface area (Å²) in [6.07, 6.45) is 1.35. The van der Waals surface area contributed by atoms with E-state index < -0.39 is 4.92 Å². The normalized spacial score (nSPS) is 9.65. The van der Waals surface area contributed by atoms with Crippen LogP contribution in [0.2, 0.25) is 0 Å². The molecule has 100 valence electrons. The topological polar surface area (TPSA) is 81.8 Å². The van der Waals surface area contributed by atoms with E-state index >= 15 is 0 Å². The summed E-state index contributed by atoms with van der Waals surface area (Å²) in [5.41, 5.74) is 0.917. The van der Waals surface area contributed by atoms with E-state index in [9.17, 15) is 14.9 Å². The Morgan fingerprint density at radius 3 is 2.65 bits per heavy atom. The van der Waals surface area contributed by atoms with Crippen LogP contribution in [0.4, 0.5) is 11.4 Å². The first kappa shape index (κ1) is 13.5. The Kier molecular flexibility index (Phi) is 3.88. The lowest BCUT2D eigenvalue weighted by Crippen LogP contribution is -1.90. The Bertz CT molecular complexity index is 686. The highest BCUT2D eigenvalue weighted by Gasteiger charge is 2.11. The number of isocyanates is 1. The molecule has 6 nitrogen and oxygen atoms in total. The molecular weight excluding hydrogens is 260 g/mol. The number of aryl methyl sites for hydroxylation is 1. The number of ether oxygens (including phenoxy) is 1. The number of carbonyl (C=O) groups excluding carboxylic acids is 1. The average Bonchev–Trinajstić information content (AvgIpc) is 2.38. The monoisotopic (exact) mass is 270 g/mol. The third-order valence-electron chi connectivity index (χ3n) is 2.49. The minimum Gasteiger partial charge on any atom is -0.457 e. The Hall–Kier alpha value is -2.98. The van der Waals surface area contributed by atoms with Gasteiger partial charge in [-0.3, -0.25) is 10.1 Å². The van der Waals surface area contributed by atoms with Crippen molar-refractivity contribution in [2.45, 2.75) is 6.92 Å². The van der Waals surface area contributed by atoms with E-state index in [1.807, 2.05) is 19.1 Å². The fourth-order valence-corrected chi connectivity index (χ4v) is 1.66. The van der Waals surface area contributed by atoms with Gasteiger partial charge in [-0.05, 0) is 24.6 Å². The number of nitro groups is 1. The summed E-state index contributed by atoms with van der Waals surface area (Å²) in [7, 11) is 0. The number of aliphatic imine (C=N–C) groups is 1. The molecule has 0 spiro atoms. The van der Waals surface area contributed by atoms with E-state index in [1.54, 1.807) is 12.1 Å². The summed E-state index contributed by atoms with van der Waals surface area (Å²) in [5, 5.41) is 10.8. The molecule has 0 aliphatic rings. The van der Waals surface area contributed by atoms with Crippen LogP contribution in [-0.4, -0.2) is 11.0 Å². The number of hydrogen-bond donors (Lipinski definition) is 0. The Balaban J connectivity index is 2.40. The molecular formula is C14H10N2O4. The van der Waals surface area contributed by atoms with Crippen molar-refractivity contribution >= 4 is 17.5 Å². The van der Waals surface area contributed by atoms with Crippen LogP contribution >= 0.6 is 0 Å². The van der Waals surface area contributed by atoms with Gasteiger partial charge in [0.2, 0.25) is 6.08 Å².